The summed E-state index contributed by atoms with van der Waals surface area (Å²) < 4.78 is 10.4. The van der Waals surface area contributed by atoms with Gasteiger partial charge in [0.1, 0.15) is 5.00 Å². The van der Waals surface area contributed by atoms with Gasteiger partial charge in [0.2, 0.25) is 5.91 Å². The smallest absolute Gasteiger partial charge is 0.341 e. The number of carbonyl (C=O) groups is 4. The molecule has 0 bridgehead atoms. The summed E-state index contributed by atoms with van der Waals surface area (Å²) in [6.45, 7) is 5.03. The lowest BCUT2D eigenvalue weighted by atomic mass is 9.88. The zero-order valence-electron chi connectivity index (χ0n) is 18.9. The van der Waals surface area contributed by atoms with Gasteiger partial charge in [-0.3, -0.25) is 14.4 Å². The second-order valence-electron chi connectivity index (χ2n) is 7.96. The number of esters is 2. The van der Waals surface area contributed by atoms with E-state index in [1.807, 2.05) is 17.5 Å². The zero-order valence-corrected chi connectivity index (χ0v) is 20.5. The number of hydrogen-bond acceptors (Lipinski definition) is 8. The van der Waals surface area contributed by atoms with E-state index in [4.69, 9.17) is 9.47 Å². The molecule has 3 rings (SSSR count). The van der Waals surface area contributed by atoms with E-state index in [1.165, 1.54) is 29.6 Å². The first-order chi connectivity index (χ1) is 15.8. The third-order valence-electron chi connectivity index (χ3n) is 5.24. The lowest BCUT2D eigenvalue weighted by molar-refractivity contribution is -0.147. The summed E-state index contributed by atoms with van der Waals surface area (Å²) in [4.78, 5) is 50.8. The molecule has 0 radical (unpaired) electrons. The van der Waals surface area contributed by atoms with Gasteiger partial charge in [0.15, 0.2) is 6.61 Å². The molecular formula is C23H28N2O6S2. The average Bonchev–Trinajstić information content (AvgIpc) is 3.39. The quantitative estimate of drug-likeness (QED) is 0.514. The predicted molar refractivity (Wildman–Crippen MR) is 127 cm³/mol. The highest BCUT2D eigenvalue weighted by molar-refractivity contribution is 7.17. The number of ether oxygens (including phenoxy) is 2. The molecule has 8 nitrogen and oxygen atoms in total. The van der Waals surface area contributed by atoms with Gasteiger partial charge in [0, 0.05) is 16.7 Å². The van der Waals surface area contributed by atoms with Crippen LogP contribution in [0.25, 0.3) is 0 Å². The van der Waals surface area contributed by atoms with Crippen LogP contribution in [-0.4, -0.2) is 37.0 Å². The molecule has 33 heavy (non-hydrogen) atoms. The zero-order chi connectivity index (χ0) is 24.0. The molecule has 2 aromatic rings. The van der Waals surface area contributed by atoms with Crippen molar-refractivity contribution in [2.45, 2.75) is 52.5 Å². The lowest BCUT2D eigenvalue weighted by Gasteiger charge is -2.18. The van der Waals surface area contributed by atoms with E-state index in [1.54, 1.807) is 6.92 Å². The van der Waals surface area contributed by atoms with Crippen molar-refractivity contribution >= 4 is 51.4 Å². The van der Waals surface area contributed by atoms with Crippen molar-refractivity contribution < 1.29 is 28.7 Å². The van der Waals surface area contributed by atoms with Gasteiger partial charge in [-0.1, -0.05) is 13.0 Å². The number of hydrogen-bond donors (Lipinski definition) is 2. The molecule has 0 saturated carbocycles. The highest BCUT2D eigenvalue weighted by Gasteiger charge is 2.29. The molecule has 2 N–H and O–H groups in total. The highest BCUT2D eigenvalue weighted by Crippen LogP contribution is 2.40. The molecule has 0 saturated heterocycles. The molecule has 0 fully saturated rings. The Hall–Kier alpha value is -2.72. The van der Waals surface area contributed by atoms with E-state index in [-0.39, 0.29) is 18.9 Å². The Morgan fingerprint density at radius 3 is 2.70 bits per heavy atom. The number of anilines is 1. The molecular weight excluding hydrogens is 464 g/mol. The van der Waals surface area contributed by atoms with Crippen molar-refractivity contribution in [3.63, 3.8) is 0 Å². The van der Waals surface area contributed by atoms with Crippen molar-refractivity contribution in [2.24, 2.45) is 5.92 Å². The Morgan fingerprint density at radius 1 is 1.24 bits per heavy atom. The van der Waals surface area contributed by atoms with Crippen LogP contribution in [0, 0.1) is 5.92 Å². The highest BCUT2D eigenvalue weighted by atomic mass is 32.1. The van der Waals surface area contributed by atoms with Gasteiger partial charge in [-0.25, -0.2) is 4.79 Å². The number of fused-ring (bicyclic) bond motifs is 1. The molecule has 2 heterocycles. The standard InChI is InChI=1S/C23H28N2O6S2/c1-4-30-23(29)21-15-8-7-13(2)10-18(15)33-22(21)25-19(27)12-31-20(28)11-16(24-14(3)26)17-6-5-9-32-17/h5-6,9,13,16H,4,7-8,10-12H2,1-3H3,(H,24,26)(H,25,27). The predicted octanol–water partition coefficient (Wildman–Crippen LogP) is 3.86. The van der Waals surface area contributed by atoms with E-state index in [0.717, 1.165) is 34.6 Å². The van der Waals surface area contributed by atoms with Crippen LogP contribution in [-0.2, 0) is 36.7 Å². The molecule has 10 heteroatoms. The van der Waals surface area contributed by atoms with Gasteiger partial charge in [-0.2, -0.15) is 0 Å². The van der Waals surface area contributed by atoms with Gasteiger partial charge in [-0.15, -0.1) is 22.7 Å². The first kappa shape index (κ1) is 24.9. The van der Waals surface area contributed by atoms with E-state index in [2.05, 4.69) is 17.6 Å². The Bertz CT molecular complexity index is 1010. The molecule has 2 atom stereocenters. The molecule has 1 aliphatic rings. The molecule has 2 aromatic heterocycles. The Labute approximate surface area is 200 Å². The average molecular weight is 493 g/mol. The van der Waals surface area contributed by atoms with Crippen LogP contribution in [0.15, 0.2) is 17.5 Å². The molecule has 0 spiro atoms. The second kappa shape index (κ2) is 11.4. The van der Waals surface area contributed by atoms with Gasteiger partial charge in [0.05, 0.1) is 24.6 Å². The van der Waals surface area contributed by atoms with Crippen LogP contribution in [0.1, 0.15) is 65.3 Å². The van der Waals surface area contributed by atoms with Gasteiger partial charge in [-0.05, 0) is 49.1 Å². The number of carbonyl (C=O) groups excluding carboxylic acids is 4. The van der Waals surface area contributed by atoms with Crippen molar-refractivity contribution in [1.29, 1.82) is 0 Å². The SMILES string of the molecule is CCOC(=O)c1c(NC(=O)COC(=O)CC(NC(C)=O)c2cccs2)sc2c1CCC(C)C2. The minimum Gasteiger partial charge on any atom is -0.462 e. The second-order valence-corrected chi connectivity index (χ2v) is 10.0. The third-order valence-corrected chi connectivity index (χ3v) is 7.40. The van der Waals surface area contributed by atoms with Crippen LogP contribution >= 0.6 is 22.7 Å². The van der Waals surface area contributed by atoms with Gasteiger partial charge >= 0.3 is 11.9 Å². The first-order valence-corrected chi connectivity index (χ1v) is 12.6. The summed E-state index contributed by atoms with van der Waals surface area (Å²) in [7, 11) is 0. The van der Waals surface area contributed by atoms with Crippen molar-refractivity contribution in [2.75, 3.05) is 18.5 Å². The summed E-state index contributed by atoms with van der Waals surface area (Å²) in [6, 6.07) is 3.14. The minimum atomic E-state index is -0.609. The van der Waals surface area contributed by atoms with Gasteiger partial charge in [0.25, 0.3) is 5.91 Å². The van der Waals surface area contributed by atoms with E-state index in [0.29, 0.717) is 16.5 Å². The van der Waals surface area contributed by atoms with Crippen LogP contribution in [0.5, 0.6) is 0 Å². The number of amides is 2. The largest absolute Gasteiger partial charge is 0.462 e. The lowest BCUT2D eigenvalue weighted by Crippen LogP contribution is -2.29. The number of nitrogens with one attached hydrogen (secondary N) is 2. The Morgan fingerprint density at radius 2 is 2.03 bits per heavy atom. The van der Waals surface area contributed by atoms with Crippen molar-refractivity contribution in [3.05, 3.63) is 38.4 Å². The maximum atomic E-state index is 12.6. The number of rotatable bonds is 9. The van der Waals surface area contributed by atoms with Crippen LogP contribution in [0.2, 0.25) is 0 Å². The fourth-order valence-electron chi connectivity index (χ4n) is 3.75. The van der Waals surface area contributed by atoms with Crippen LogP contribution < -0.4 is 10.6 Å². The molecule has 2 unspecified atom stereocenters. The monoisotopic (exact) mass is 492 g/mol. The summed E-state index contributed by atoms with van der Waals surface area (Å²) in [5, 5.41) is 7.73. The molecule has 1 aliphatic carbocycles. The fraction of sp³-hybridized carbons (Fsp3) is 0.478. The Kier molecular flexibility index (Phi) is 8.62. The van der Waals surface area contributed by atoms with Crippen molar-refractivity contribution in [3.8, 4) is 0 Å². The molecule has 0 aromatic carbocycles. The topological polar surface area (TPSA) is 111 Å². The number of thiophene rings is 2. The summed E-state index contributed by atoms with van der Waals surface area (Å²) in [6.07, 6.45) is 2.50. The molecule has 0 aliphatic heterocycles. The third kappa shape index (κ3) is 6.64. The Balaban J connectivity index is 1.63. The van der Waals surface area contributed by atoms with Crippen LogP contribution in [0.4, 0.5) is 5.00 Å². The summed E-state index contributed by atoms with van der Waals surface area (Å²) in [5.41, 5.74) is 1.35. The van der Waals surface area contributed by atoms with E-state index < -0.39 is 30.5 Å². The molecule has 2 amide bonds. The van der Waals surface area contributed by atoms with Gasteiger partial charge < -0.3 is 20.1 Å². The maximum absolute atomic E-state index is 12.6. The minimum absolute atomic E-state index is 0.0906. The first-order valence-electron chi connectivity index (χ1n) is 10.9. The van der Waals surface area contributed by atoms with E-state index in [9.17, 15) is 19.2 Å². The van der Waals surface area contributed by atoms with Crippen molar-refractivity contribution in [1.82, 2.24) is 5.32 Å². The van der Waals surface area contributed by atoms with E-state index >= 15 is 0 Å². The summed E-state index contributed by atoms with van der Waals surface area (Å²) in [5.74, 6) is -1.35. The normalized spacial score (nSPS) is 15.8. The van der Waals surface area contributed by atoms with Crippen LogP contribution in [0.3, 0.4) is 0 Å². The maximum Gasteiger partial charge on any atom is 0.341 e. The fourth-order valence-corrected chi connectivity index (χ4v) is 5.94. The summed E-state index contributed by atoms with van der Waals surface area (Å²) >= 11 is 2.80. The molecule has 178 valence electrons.